The number of aromatic nitrogens is 2. The van der Waals surface area contributed by atoms with Crippen LogP contribution in [0, 0.1) is 0 Å². The molecule has 0 bridgehead atoms. The maximum atomic E-state index is 9.47. The number of hydrogen-bond acceptors (Lipinski definition) is 4. The Labute approximate surface area is 79.6 Å². The lowest BCUT2D eigenvalue weighted by molar-refractivity contribution is 0.286. The molecule has 0 saturated carbocycles. The molecule has 1 aliphatic heterocycles. The Kier molecular flexibility index (Phi) is 1.40. The van der Waals surface area contributed by atoms with Gasteiger partial charge in [0.05, 0.1) is 6.21 Å². The maximum Gasteiger partial charge on any atom is 0.585 e. The molecule has 1 aliphatic rings. The molecule has 0 saturated heterocycles. The lowest BCUT2D eigenvalue weighted by Crippen LogP contribution is -2.38. The van der Waals surface area contributed by atoms with Gasteiger partial charge in [-0.25, -0.2) is 4.98 Å². The summed E-state index contributed by atoms with van der Waals surface area (Å²) in [6, 6.07) is 1.89. The number of pyridine rings is 1. The molecule has 0 aliphatic carbocycles. The number of rotatable bonds is 0. The predicted molar refractivity (Wildman–Crippen MR) is 52.4 cm³/mol. The third-order valence-electron chi connectivity index (χ3n) is 2.27. The van der Waals surface area contributed by atoms with E-state index in [1.54, 1.807) is 18.6 Å². The SMILES string of the molecule is OB1ON=Cc2c1cnc1[nH]ccc21. The lowest BCUT2D eigenvalue weighted by atomic mass is 9.77. The zero-order chi connectivity index (χ0) is 9.54. The van der Waals surface area contributed by atoms with Crippen molar-refractivity contribution in [2.75, 3.05) is 0 Å². The molecular weight excluding hydrogens is 181 g/mol. The number of nitrogens with one attached hydrogen (secondary N) is 1. The van der Waals surface area contributed by atoms with Crippen molar-refractivity contribution in [3.05, 3.63) is 24.0 Å². The van der Waals surface area contributed by atoms with Crippen molar-refractivity contribution in [3.63, 3.8) is 0 Å². The van der Waals surface area contributed by atoms with Crippen LogP contribution in [0.3, 0.4) is 0 Å². The summed E-state index contributed by atoms with van der Waals surface area (Å²) in [7, 11) is -1.01. The molecular formula is C8H6BN3O2. The molecule has 0 atom stereocenters. The van der Waals surface area contributed by atoms with Gasteiger partial charge in [0, 0.05) is 28.8 Å². The molecule has 0 fully saturated rings. The van der Waals surface area contributed by atoms with Crippen LogP contribution in [0.5, 0.6) is 0 Å². The molecule has 3 rings (SSSR count). The average molecular weight is 187 g/mol. The molecule has 3 heterocycles. The van der Waals surface area contributed by atoms with Gasteiger partial charge in [-0.3, -0.25) is 0 Å². The second kappa shape index (κ2) is 2.59. The predicted octanol–water partition coefficient (Wildman–Crippen LogP) is -0.386. The Hall–Kier alpha value is -1.82. The van der Waals surface area contributed by atoms with Crippen LogP contribution < -0.4 is 5.46 Å². The molecule has 6 heteroatoms. The summed E-state index contributed by atoms with van der Waals surface area (Å²) in [5.74, 6) is 0. The fraction of sp³-hybridized carbons (Fsp3) is 0. The lowest BCUT2D eigenvalue weighted by Gasteiger charge is -2.12. The fourth-order valence-electron chi connectivity index (χ4n) is 1.58. The highest BCUT2D eigenvalue weighted by Crippen LogP contribution is 2.14. The van der Waals surface area contributed by atoms with Crippen LogP contribution in [0.4, 0.5) is 0 Å². The van der Waals surface area contributed by atoms with Crippen molar-refractivity contribution in [3.8, 4) is 0 Å². The second-order valence-corrected chi connectivity index (χ2v) is 3.06. The number of hydrogen-bond donors (Lipinski definition) is 2. The summed E-state index contributed by atoms with van der Waals surface area (Å²) in [6.45, 7) is 0. The van der Waals surface area contributed by atoms with Gasteiger partial charge >= 0.3 is 7.12 Å². The quantitative estimate of drug-likeness (QED) is 0.552. The van der Waals surface area contributed by atoms with Crippen LogP contribution in [0.15, 0.2) is 23.6 Å². The van der Waals surface area contributed by atoms with E-state index in [-0.39, 0.29) is 0 Å². The maximum absolute atomic E-state index is 9.47. The number of nitrogens with zero attached hydrogens (tertiary/aromatic N) is 2. The van der Waals surface area contributed by atoms with E-state index < -0.39 is 7.12 Å². The van der Waals surface area contributed by atoms with E-state index in [4.69, 9.17) is 4.76 Å². The Morgan fingerprint density at radius 3 is 3.36 bits per heavy atom. The highest BCUT2D eigenvalue weighted by atomic mass is 16.6. The molecule has 0 spiro atoms. The first-order chi connectivity index (χ1) is 6.86. The summed E-state index contributed by atoms with van der Waals surface area (Å²) >= 11 is 0. The summed E-state index contributed by atoms with van der Waals surface area (Å²) in [5.41, 5.74) is 2.28. The van der Waals surface area contributed by atoms with Crippen molar-refractivity contribution in [1.29, 1.82) is 0 Å². The van der Waals surface area contributed by atoms with E-state index in [9.17, 15) is 5.02 Å². The van der Waals surface area contributed by atoms with Crippen molar-refractivity contribution in [2.45, 2.75) is 0 Å². The van der Waals surface area contributed by atoms with Gasteiger partial charge in [0.2, 0.25) is 0 Å². The van der Waals surface area contributed by atoms with Gasteiger partial charge in [-0.05, 0) is 6.07 Å². The van der Waals surface area contributed by atoms with E-state index in [1.165, 1.54) is 0 Å². The molecule has 68 valence electrons. The first kappa shape index (κ1) is 7.58. The Bertz CT molecular complexity index is 522. The molecule has 0 unspecified atom stereocenters. The number of oxime groups is 1. The molecule has 14 heavy (non-hydrogen) atoms. The molecule has 0 aromatic carbocycles. The second-order valence-electron chi connectivity index (χ2n) is 3.06. The highest BCUT2D eigenvalue weighted by molar-refractivity contribution is 6.62. The van der Waals surface area contributed by atoms with Gasteiger partial charge in [-0.15, -0.1) is 5.16 Å². The van der Waals surface area contributed by atoms with Gasteiger partial charge in [0.1, 0.15) is 5.65 Å². The fourth-order valence-corrected chi connectivity index (χ4v) is 1.58. The minimum atomic E-state index is -1.01. The van der Waals surface area contributed by atoms with Crippen molar-refractivity contribution < 1.29 is 9.78 Å². The highest BCUT2D eigenvalue weighted by Gasteiger charge is 2.26. The topological polar surface area (TPSA) is 70.5 Å². The summed E-state index contributed by atoms with van der Waals surface area (Å²) in [4.78, 5) is 7.14. The van der Waals surface area contributed by atoms with Crippen LogP contribution >= 0.6 is 0 Å². The van der Waals surface area contributed by atoms with Crippen LogP contribution in [0.25, 0.3) is 11.0 Å². The van der Waals surface area contributed by atoms with Gasteiger partial charge in [-0.1, -0.05) is 0 Å². The smallest absolute Gasteiger partial charge is 0.427 e. The molecule has 2 N–H and O–H groups in total. The third-order valence-corrected chi connectivity index (χ3v) is 2.27. The normalized spacial score (nSPS) is 14.2. The summed E-state index contributed by atoms with van der Waals surface area (Å²) in [6.07, 6.45) is 4.97. The van der Waals surface area contributed by atoms with E-state index in [0.29, 0.717) is 5.46 Å². The van der Waals surface area contributed by atoms with E-state index in [1.807, 2.05) is 6.07 Å². The monoisotopic (exact) mass is 187 g/mol. The van der Waals surface area contributed by atoms with E-state index in [2.05, 4.69) is 15.1 Å². The standard InChI is InChI=1S/C8H6BN3O2/c13-9-7-4-11-8-5(1-2-10-8)6(7)3-12-14-9/h1-4,13H,(H,10,11). The summed E-state index contributed by atoms with van der Waals surface area (Å²) in [5, 5.41) is 14.0. The van der Waals surface area contributed by atoms with Crippen molar-refractivity contribution in [2.24, 2.45) is 5.16 Å². The Balaban J connectivity index is 2.40. The number of aromatic amines is 1. The van der Waals surface area contributed by atoms with Gasteiger partial charge in [-0.2, -0.15) is 0 Å². The average Bonchev–Trinajstić information content (AvgIpc) is 2.66. The Morgan fingerprint density at radius 2 is 2.43 bits per heavy atom. The number of fused-ring (bicyclic) bond motifs is 3. The molecule has 2 aromatic rings. The summed E-state index contributed by atoms with van der Waals surface area (Å²) < 4.78 is 4.70. The molecule has 0 amide bonds. The zero-order valence-corrected chi connectivity index (χ0v) is 7.14. The van der Waals surface area contributed by atoms with Gasteiger partial charge in [0.15, 0.2) is 0 Å². The van der Waals surface area contributed by atoms with Crippen molar-refractivity contribution >= 4 is 29.8 Å². The first-order valence-electron chi connectivity index (χ1n) is 4.19. The van der Waals surface area contributed by atoms with Gasteiger partial charge < -0.3 is 14.8 Å². The number of H-pyrrole nitrogens is 1. The minimum Gasteiger partial charge on any atom is -0.427 e. The first-order valence-corrected chi connectivity index (χ1v) is 4.19. The van der Waals surface area contributed by atoms with Crippen LogP contribution in [0.2, 0.25) is 0 Å². The van der Waals surface area contributed by atoms with Crippen LogP contribution in [0.1, 0.15) is 5.56 Å². The zero-order valence-electron chi connectivity index (χ0n) is 7.14. The van der Waals surface area contributed by atoms with Crippen LogP contribution in [-0.2, 0) is 4.76 Å². The van der Waals surface area contributed by atoms with E-state index >= 15 is 0 Å². The van der Waals surface area contributed by atoms with Crippen molar-refractivity contribution in [1.82, 2.24) is 9.97 Å². The van der Waals surface area contributed by atoms with E-state index in [0.717, 1.165) is 16.6 Å². The van der Waals surface area contributed by atoms with Crippen LogP contribution in [-0.4, -0.2) is 28.3 Å². The third kappa shape index (κ3) is 0.884. The molecule has 5 nitrogen and oxygen atoms in total. The Morgan fingerprint density at radius 1 is 1.50 bits per heavy atom. The van der Waals surface area contributed by atoms with Gasteiger partial charge in [0.25, 0.3) is 0 Å². The largest absolute Gasteiger partial charge is 0.585 e. The molecule has 0 radical (unpaired) electrons. The minimum absolute atomic E-state index is 0.645. The molecule has 2 aromatic heterocycles.